The second-order valence-electron chi connectivity index (χ2n) is 3.81. The Morgan fingerprint density at radius 2 is 2.41 bits per heavy atom. The highest BCUT2D eigenvalue weighted by Gasteiger charge is 2.33. The van der Waals surface area contributed by atoms with Crippen molar-refractivity contribution in [1.29, 1.82) is 0 Å². The first-order valence-electron chi connectivity index (χ1n) is 5.47. The van der Waals surface area contributed by atoms with Crippen LogP contribution in [0.4, 0.5) is 10.5 Å². The number of aliphatic hydroxyl groups is 1. The summed E-state index contributed by atoms with van der Waals surface area (Å²) in [6.45, 7) is 0.346. The zero-order valence-corrected chi connectivity index (χ0v) is 9.63. The number of hydrogen-bond donors (Lipinski definition) is 1. The topological polar surface area (TPSA) is 59.0 Å². The summed E-state index contributed by atoms with van der Waals surface area (Å²) >= 11 is 0. The van der Waals surface area contributed by atoms with Crippen LogP contribution >= 0.6 is 0 Å². The van der Waals surface area contributed by atoms with Gasteiger partial charge in [0.05, 0.1) is 18.8 Å². The molecule has 1 aliphatic rings. The van der Waals surface area contributed by atoms with Crippen molar-refractivity contribution in [1.82, 2.24) is 0 Å². The van der Waals surface area contributed by atoms with Crippen molar-refractivity contribution < 1.29 is 19.4 Å². The molecule has 0 unspecified atom stereocenters. The third-order valence-corrected chi connectivity index (χ3v) is 2.75. The molecular formula is C12H15NO4. The van der Waals surface area contributed by atoms with Crippen molar-refractivity contribution in [3.63, 3.8) is 0 Å². The number of carbonyl (C=O) groups excluding carboxylic acids is 1. The molecule has 0 radical (unpaired) electrons. The van der Waals surface area contributed by atoms with E-state index in [9.17, 15) is 4.79 Å². The number of rotatable bonds is 4. The number of nitrogens with zero attached hydrogens (tertiary/aromatic N) is 1. The van der Waals surface area contributed by atoms with E-state index < -0.39 is 0 Å². The van der Waals surface area contributed by atoms with Gasteiger partial charge in [-0.1, -0.05) is 6.07 Å². The molecule has 1 amide bonds. The fraction of sp³-hybridized carbons (Fsp3) is 0.417. The van der Waals surface area contributed by atoms with Gasteiger partial charge in [0.1, 0.15) is 12.4 Å². The SMILES string of the molecule is COc1cccc(N2C(=O)OC[C@@H]2CCO)c1. The highest BCUT2D eigenvalue weighted by Crippen LogP contribution is 2.27. The van der Waals surface area contributed by atoms with Gasteiger partial charge in [0.2, 0.25) is 0 Å². The molecule has 1 saturated heterocycles. The molecular weight excluding hydrogens is 222 g/mol. The molecule has 92 valence electrons. The van der Waals surface area contributed by atoms with Crippen molar-refractivity contribution in [3.05, 3.63) is 24.3 Å². The van der Waals surface area contributed by atoms with Gasteiger partial charge < -0.3 is 14.6 Å². The third kappa shape index (κ3) is 2.34. The quantitative estimate of drug-likeness (QED) is 0.860. The Bertz CT molecular complexity index is 407. The minimum atomic E-state index is -0.378. The lowest BCUT2D eigenvalue weighted by Crippen LogP contribution is -2.34. The Kier molecular flexibility index (Phi) is 3.49. The van der Waals surface area contributed by atoms with Gasteiger partial charge in [-0.3, -0.25) is 4.90 Å². The zero-order chi connectivity index (χ0) is 12.3. The van der Waals surface area contributed by atoms with Gasteiger partial charge in [-0.15, -0.1) is 0 Å². The largest absolute Gasteiger partial charge is 0.497 e. The molecule has 0 bridgehead atoms. The molecule has 5 nitrogen and oxygen atoms in total. The van der Waals surface area contributed by atoms with Crippen LogP contribution in [0, 0.1) is 0 Å². The predicted molar refractivity (Wildman–Crippen MR) is 62.3 cm³/mol. The molecule has 0 saturated carbocycles. The fourth-order valence-electron chi connectivity index (χ4n) is 1.90. The molecule has 5 heteroatoms. The maximum Gasteiger partial charge on any atom is 0.414 e. The summed E-state index contributed by atoms with van der Waals surface area (Å²) in [7, 11) is 1.58. The number of methoxy groups -OCH3 is 1. The zero-order valence-electron chi connectivity index (χ0n) is 9.63. The van der Waals surface area contributed by atoms with Crippen molar-refractivity contribution in [2.45, 2.75) is 12.5 Å². The number of aliphatic hydroxyl groups excluding tert-OH is 1. The van der Waals surface area contributed by atoms with Gasteiger partial charge >= 0.3 is 6.09 Å². The predicted octanol–water partition coefficient (Wildman–Crippen LogP) is 1.40. The number of amides is 1. The fourth-order valence-corrected chi connectivity index (χ4v) is 1.90. The lowest BCUT2D eigenvalue weighted by molar-refractivity contribution is 0.176. The number of ether oxygens (including phenoxy) is 2. The first-order chi connectivity index (χ1) is 8.26. The van der Waals surface area contributed by atoms with Crippen LogP contribution in [-0.4, -0.2) is 37.6 Å². The van der Waals surface area contributed by atoms with Gasteiger partial charge in [-0.05, 0) is 18.6 Å². The summed E-state index contributed by atoms with van der Waals surface area (Å²) in [4.78, 5) is 13.2. The number of hydrogen-bond acceptors (Lipinski definition) is 4. The smallest absolute Gasteiger partial charge is 0.414 e. The molecule has 1 aromatic rings. The van der Waals surface area contributed by atoms with Crippen LogP contribution in [-0.2, 0) is 4.74 Å². The highest BCUT2D eigenvalue weighted by atomic mass is 16.6. The minimum Gasteiger partial charge on any atom is -0.497 e. The van der Waals surface area contributed by atoms with Crippen LogP contribution in [0.25, 0.3) is 0 Å². The van der Waals surface area contributed by atoms with E-state index in [1.54, 1.807) is 18.1 Å². The third-order valence-electron chi connectivity index (χ3n) is 2.75. The molecule has 17 heavy (non-hydrogen) atoms. The summed E-state index contributed by atoms with van der Waals surface area (Å²) in [6.07, 6.45) is 0.125. The van der Waals surface area contributed by atoms with Crippen LogP contribution in [0.5, 0.6) is 5.75 Å². The lowest BCUT2D eigenvalue weighted by Gasteiger charge is -2.21. The van der Waals surface area contributed by atoms with E-state index in [0.29, 0.717) is 18.8 Å². The molecule has 1 aliphatic heterocycles. The Hall–Kier alpha value is -1.75. The molecule has 1 heterocycles. The normalized spacial score (nSPS) is 19.3. The van der Waals surface area contributed by atoms with E-state index in [1.165, 1.54) is 0 Å². The van der Waals surface area contributed by atoms with E-state index in [2.05, 4.69) is 0 Å². The molecule has 0 aromatic heterocycles. The van der Waals surface area contributed by atoms with Gasteiger partial charge in [0.25, 0.3) is 0 Å². The van der Waals surface area contributed by atoms with E-state index in [4.69, 9.17) is 14.6 Å². The Balaban J connectivity index is 2.26. The average Bonchev–Trinajstić information content (AvgIpc) is 2.71. The van der Waals surface area contributed by atoms with Gasteiger partial charge in [-0.25, -0.2) is 4.79 Å². The van der Waals surface area contributed by atoms with E-state index in [0.717, 1.165) is 5.69 Å². The second kappa shape index (κ2) is 5.05. The van der Waals surface area contributed by atoms with Crippen LogP contribution in [0.3, 0.4) is 0 Å². The first kappa shape index (κ1) is 11.7. The molecule has 1 fully saturated rings. The summed E-state index contributed by atoms with van der Waals surface area (Å²) in [5.41, 5.74) is 0.727. The van der Waals surface area contributed by atoms with Crippen molar-refractivity contribution >= 4 is 11.8 Å². The lowest BCUT2D eigenvalue weighted by atomic mass is 10.2. The Labute approximate surface area is 99.6 Å². The monoisotopic (exact) mass is 237 g/mol. The van der Waals surface area contributed by atoms with Crippen molar-refractivity contribution in [2.75, 3.05) is 25.2 Å². The molecule has 0 aliphatic carbocycles. The molecule has 1 N–H and O–H groups in total. The molecule has 0 spiro atoms. The Morgan fingerprint density at radius 1 is 1.59 bits per heavy atom. The summed E-state index contributed by atoms with van der Waals surface area (Å²) in [5, 5.41) is 8.96. The highest BCUT2D eigenvalue weighted by molar-refractivity contribution is 5.90. The number of benzene rings is 1. The van der Waals surface area contributed by atoms with E-state index in [1.807, 2.05) is 18.2 Å². The van der Waals surface area contributed by atoms with E-state index in [-0.39, 0.29) is 18.7 Å². The maximum absolute atomic E-state index is 11.6. The molecule has 1 aromatic carbocycles. The first-order valence-corrected chi connectivity index (χ1v) is 5.47. The van der Waals surface area contributed by atoms with E-state index >= 15 is 0 Å². The van der Waals surface area contributed by atoms with Gasteiger partial charge in [-0.2, -0.15) is 0 Å². The minimum absolute atomic E-state index is 0.0295. The second-order valence-corrected chi connectivity index (χ2v) is 3.81. The summed E-state index contributed by atoms with van der Waals surface area (Å²) < 4.78 is 10.1. The summed E-state index contributed by atoms with van der Waals surface area (Å²) in [6, 6.07) is 7.11. The van der Waals surface area contributed by atoms with Crippen LogP contribution in [0.1, 0.15) is 6.42 Å². The maximum atomic E-state index is 11.6. The van der Waals surface area contributed by atoms with Gasteiger partial charge in [0.15, 0.2) is 0 Å². The Morgan fingerprint density at radius 3 is 3.12 bits per heavy atom. The van der Waals surface area contributed by atoms with Crippen LogP contribution in [0.15, 0.2) is 24.3 Å². The van der Waals surface area contributed by atoms with Gasteiger partial charge in [0, 0.05) is 12.7 Å². The van der Waals surface area contributed by atoms with Crippen LogP contribution < -0.4 is 9.64 Å². The van der Waals surface area contributed by atoms with Crippen molar-refractivity contribution in [2.24, 2.45) is 0 Å². The number of carbonyl (C=O) groups is 1. The standard InChI is InChI=1S/C12H15NO4/c1-16-11-4-2-3-9(7-11)13-10(5-6-14)8-17-12(13)15/h2-4,7,10,14H,5-6,8H2,1H3/t10-/m0/s1. The molecule has 2 rings (SSSR count). The number of cyclic esters (lactones) is 1. The number of anilines is 1. The van der Waals surface area contributed by atoms with Crippen LogP contribution in [0.2, 0.25) is 0 Å². The van der Waals surface area contributed by atoms with Crippen molar-refractivity contribution in [3.8, 4) is 5.75 Å². The summed E-state index contributed by atoms with van der Waals surface area (Å²) in [5.74, 6) is 0.685. The molecule has 1 atom stereocenters. The average molecular weight is 237 g/mol.